The Morgan fingerprint density at radius 3 is 2.16 bits per heavy atom. The Labute approximate surface area is 262 Å². The summed E-state index contributed by atoms with van der Waals surface area (Å²) in [6.07, 6.45) is -4.02. The number of nitrogens with one attached hydrogen (secondary N) is 1. The minimum atomic E-state index is -4.88. The first-order chi connectivity index (χ1) is 20.6. The zero-order valence-corrected chi connectivity index (χ0v) is 26.9. The topological polar surface area (TPSA) is 86.8 Å². The number of hydrogen-bond acceptors (Lipinski definition) is 4. The van der Waals surface area contributed by atoms with Crippen molar-refractivity contribution in [1.82, 2.24) is 10.2 Å². The van der Waals surface area contributed by atoms with Crippen molar-refractivity contribution in [2.24, 2.45) is 0 Å². The second kappa shape index (κ2) is 14.5. The number of nitrogens with zero attached hydrogens (tertiary/aromatic N) is 2. The summed E-state index contributed by atoms with van der Waals surface area (Å²) in [5, 5.41) is 2.27. The number of rotatable bonds is 12. The van der Waals surface area contributed by atoms with Crippen LogP contribution in [0, 0.1) is 13.8 Å². The van der Waals surface area contributed by atoms with Crippen LogP contribution in [0.1, 0.15) is 55.9 Å². The van der Waals surface area contributed by atoms with Crippen molar-refractivity contribution >= 4 is 39.1 Å². The highest BCUT2D eigenvalue weighted by atomic mass is 35.5. The van der Waals surface area contributed by atoms with Gasteiger partial charge in [0.05, 0.1) is 21.2 Å². The highest BCUT2D eigenvalue weighted by Crippen LogP contribution is 2.38. The van der Waals surface area contributed by atoms with E-state index in [9.17, 15) is 31.2 Å². The Balaban J connectivity index is 2.15. The molecule has 3 rings (SSSR count). The van der Waals surface area contributed by atoms with Crippen LogP contribution in [-0.4, -0.2) is 43.8 Å². The molecule has 12 heteroatoms. The van der Waals surface area contributed by atoms with E-state index in [4.69, 9.17) is 11.6 Å². The van der Waals surface area contributed by atoms with E-state index >= 15 is 0 Å². The molecule has 0 aliphatic carbocycles. The molecule has 0 aliphatic heterocycles. The zero-order chi connectivity index (χ0) is 32.8. The third-order valence-electron chi connectivity index (χ3n) is 7.25. The first kappa shape index (κ1) is 34.9. The summed E-state index contributed by atoms with van der Waals surface area (Å²) in [7, 11) is -4.55. The Hall–Kier alpha value is -3.57. The number of anilines is 1. The molecule has 238 valence electrons. The van der Waals surface area contributed by atoms with Gasteiger partial charge in [-0.2, -0.15) is 13.2 Å². The molecular weight excluding hydrogens is 615 g/mol. The summed E-state index contributed by atoms with van der Waals surface area (Å²) in [6.45, 7) is 8.19. The standard InChI is InChI=1S/C32H37ClF3N3O4S/c1-6-23(5)37-31(41)29(7-2)38(19-24-10-8-9-22(4)17-24)30(40)20-39(44(42,43)26-14-11-21(3)12-15-26)25-13-16-28(33)27(18-25)32(34,35)36/h8-18,23,29H,6-7,19-20H2,1-5H3,(H,37,41)/t23-,29+/m0/s1. The normalized spacial score (nSPS) is 13.2. The van der Waals surface area contributed by atoms with Crippen LogP contribution in [0.2, 0.25) is 5.02 Å². The van der Waals surface area contributed by atoms with Gasteiger partial charge in [0, 0.05) is 12.6 Å². The predicted molar refractivity (Wildman–Crippen MR) is 166 cm³/mol. The van der Waals surface area contributed by atoms with E-state index in [0.29, 0.717) is 22.4 Å². The van der Waals surface area contributed by atoms with Gasteiger partial charge in [0.2, 0.25) is 11.8 Å². The summed E-state index contributed by atoms with van der Waals surface area (Å²) in [6, 6.07) is 14.6. The molecule has 44 heavy (non-hydrogen) atoms. The van der Waals surface area contributed by atoms with Gasteiger partial charge in [-0.3, -0.25) is 13.9 Å². The Bertz CT molecular complexity index is 1580. The predicted octanol–water partition coefficient (Wildman–Crippen LogP) is 6.89. The minimum absolute atomic E-state index is 0.0280. The van der Waals surface area contributed by atoms with E-state index < -0.39 is 56.9 Å². The second-order valence-corrected chi connectivity index (χ2v) is 13.0. The Morgan fingerprint density at radius 2 is 1.59 bits per heavy atom. The minimum Gasteiger partial charge on any atom is -0.352 e. The van der Waals surface area contributed by atoms with Crippen molar-refractivity contribution in [2.45, 2.75) is 77.2 Å². The van der Waals surface area contributed by atoms with Crippen LogP contribution in [0.15, 0.2) is 71.6 Å². The van der Waals surface area contributed by atoms with Crippen molar-refractivity contribution in [3.05, 3.63) is 94.0 Å². The third-order valence-corrected chi connectivity index (χ3v) is 9.37. The fraction of sp³-hybridized carbons (Fsp3) is 0.375. The number of sulfonamides is 1. The number of carbonyl (C=O) groups is 2. The summed E-state index contributed by atoms with van der Waals surface area (Å²) in [5.41, 5.74) is 0.732. The number of amides is 2. The van der Waals surface area contributed by atoms with Crippen LogP contribution in [0.3, 0.4) is 0 Å². The maximum absolute atomic E-state index is 14.1. The Morgan fingerprint density at radius 1 is 0.932 bits per heavy atom. The molecular formula is C32H37ClF3N3O4S. The average Bonchev–Trinajstić information content (AvgIpc) is 2.95. The molecule has 0 unspecified atom stereocenters. The molecule has 0 fully saturated rings. The number of alkyl halides is 3. The zero-order valence-electron chi connectivity index (χ0n) is 25.3. The summed E-state index contributed by atoms with van der Waals surface area (Å²) < 4.78 is 70.0. The van der Waals surface area contributed by atoms with E-state index in [1.807, 2.05) is 32.9 Å². The maximum atomic E-state index is 14.1. The summed E-state index contributed by atoms with van der Waals surface area (Å²) >= 11 is 5.83. The van der Waals surface area contributed by atoms with Gasteiger partial charge < -0.3 is 10.2 Å². The lowest BCUT2D eigenvalue weighted by Crippen LogP contribution is -2.53. The molecule has 3 aromatic carbocycles. The van der Waals surface area contributed by atoms with Gasteiger partial charge in [-0.25, -0.2) is 8.42 Å². The van der Waals surface area contributed by atoms with Gasteiger partial charge in [0.15, 0.2) is 0 Å². The fourth-order valence-corrected chi connectivity index (χ4v) is 6.25. The molecule has 0 bridgehead atoms. The highest BCUT2D eigenvalue weighted by Gasteiger charge is 2.37. The second-order valence-electron chi connectivity index (χ2n) is 10.7. The SMILES string of the molecule is CC[C@H](C(=O)N[C@@H](C)CC)N(Cc1cccc(C)c1)C(=O)CN(c1ccc(Cl)c(C(F)(F)F)c1)S(=O)(=O)c1ccc(C)cc1. The molecule has 7 nitrogen and oxygen atoms in total. The quantitative estimate of drug-likeness (QED) is 0.231. The molecule has 0 aliphatic rings. The van der Waals surface area contributed by atoms with E-state index in [1.165, 1.54) is 17.0 Å². The van der Waals surface area contributed by atoms with Crippen LogP contribution in [0.25, 0.3) is 0 Å². The molecule has 0 spiro atoms. The Kier molecular flexibility index (Phi) is 11.5. The van der Waals surface area contributed by atoms with Gasteiger partial charge >= 0.3 is 6.18 Å². The van der Waals surface area contributed by atoms with E-state index in [-0.39, 0.29) is 23.9 Å². The number of benzene rings is 3. The first-order valence-electron chi connectivity index (χ1n) is 14.2. The first-order valence-corrected chi connectivity index (χ1v) is 16.0. The molecule has 0 heterocycles. The van der Waals surface area contributed by atoms with Crippen molar-refractivity contribution in [3.8, 4) is 0 Å². The maximum Gasteiger partial charge on any atom is 0.417 e. The number of carbonyl (C=O) groups excluding carboxylic acids is 2. The van der Waals surface area contributed by atoms with Crippen LogP contribution in [0.4, 0.5) is 18.9 Å². The van der Waals surface area contributed by atoms with Crippen LogP contribution in [-0.2, 0) is 32.3 Å². The molecule has 0 saturated carbocycles. The molecule has 0 aromatic heterocycles. The molecule has 0 saturated heterocycles. The van der Waals surface area contributed by atoms with E-state index in [0.717, 1.165) is 23.3 Å². The molecule has 0 radical (unpaired) electrons. The summed E-state index contributed by atoms with van der Waals surface area (Å²) in [5.74, 6) is -1.18. The fourth-order valence-electron chi connectivity index (χ4n) is 4.62. The third kappa shape index (κ3) is 8.53. The monoisotopic (exact) mass is 651 g/mol. The highest BCUT2D eigenvalue weighted by molar-refractivity contribution is 7.92. The molecule has 3 aromatic rings. The summed E-state index contributed by atoms with van der Waals surface area (Å²) in [4.78, 5) is 28.6. The average molecular weight is 652 g/mol. The van der Waals surface area contributed by atoms with Crippen LogP contribution < -0.4 is 9.62 Å². The lowest BCUT2D eigenvalue weighted by Gasteiger charge is -2.34. The number of halogens is 4. The van der Waals surface area contributed by atoms with Gasteiger partial charge in [-0.15, -0.1) is 0 Å². The van der Waals surface area contributed by atoms with Crippen molar-refractivity contribution in [2.75, 3.05) is 10.8 Å². The van der Waals surface area contributed by atoms with Crippen molar-refractivity contribution in [1.29, 1.82) is 0 Å². The largest absolute Gasteiger partial charge is 0.417 e. The smallest absolute Gasteiger partial charge is 0.352 e. The van der Waals surface area contributed by atoms with Crippen LogP contribution in [0.5, 0.6) is 0 Å². The molecule has 2 amide bonds. The van der Waals surface area contributed by atoms with Gasteiger partial charge in [-0.05, 0) is 69.5 Å². The van der Waals surface area contributed by atoms with Gasteiger partial charge in [0.1, 0.15) is 12.6 Å². The number of aryl methyl sites for hydroxylation is 2. The van der Waals surface area contributed by atoms with E-state index in [1.54, 1.807) is 38.1 Å². The van der Waals surface area contributed by atoms with E-state index in [2.05, 4.69) is 5.32 Å². The molecule has 1 N–H and O–H groups in total. The number of hydrogen-bond donors (Lipinski definition) is 1. The lowest BCUT2D eigenvalue weighted by atomic mass is 10.1. The van der Waals surface area contributed by atoms with Crippen LogP contribution >= 0.6 is 11.6 Å². The van der Waals surface area contributed by atoms with Gasteiger partial charge in [-0.1, -0.05) is 73.0 Å². The van der Waals surface area contributed by atoms with Crippen molar-refractivity contribution < 1.29 is 31.2 Å². The molecule has 2 atom stereocenters. The lowest BCUT2D eigenvalue weighted by molar-refractivity contribution is -0.140. The van der Waals surface area contributed by atoms with Gasteiger partial charge in [0.25, 0.3) is 10.0 Å². The van der Waals surface area contributed by atoms with Crippen molar-refractivity contribution in [3.63, 3.8) is 0 Å².